The van der Waals surface area contributed by atoms with Gasteiger partial charge in [0.2, 0.25) is 0 Å². The van der Waals surface area contributed by atoms with Gasteiger partial charge in [-0.1, -0.05) is 0 Å². The van der Waals surface area contributed by atoms with E-state index in [1.807, 2.05) is 0 Å². The number of alkyl halides is 2. The van der Waals surface area contributed by atoms with E-state index in [4.69, 9.17) is 3.44 Å². The average molecular weight is 215 g/mol. The Bertz CT molecular complexity index is 68.7. The minimum absolute atomic E-state index is 0.578. The van der Waals surface area contributed by atoms with Crippen molar-refractivity contribution in [1.29, 1.82) is 0 Å². The van der Waals surface area contributed by atoms with Gasteiger partial charge in [-0.05, 0) is 0 Å². The summed E-state index contributed by atoms with van der Waals surface area (Å²) in [7, 11) is 0. The predicted octanol–water partition coefficient (Wildman–Crippen LogP) is 0.349. The normalized spacial score (nSPS) is 33.4. The third kappa shape index (κ3) is 1.54. The summed E-state index contributed by atoms with van der Waals surface area (Å²) in [6.45, 7) is 3.08. The first kappa shape index (κ1) is 5.78. The van der Waals surface area contributed by atoms with Crippen molar-refractivity contribution in [3.63, 3.8) is 0 Å². The van der Waals surface area contributed by atoms with Crippen LogP contribution in [0.1, 0.15) is 6.92 Å². The van der Waals surface area contributed by atoms with Crippen LogP contribution in [0.2, 0.25) is 0 Å². The van der Waals surface area contributed by atoms with Crippen LogP contribution in [0, 0.1) is 0 Å². The Morgan fingerprint density at radius 3 is 2.71 bits per heavy atom. The van der Waals surface area contributed by atoms with Gasteiger partial charge in [-0.2, -0.15) is 0 Å². The number of halogens is 1. The number of rotatable bonds is 2. The van der Waals surface area contributed by atoms with Crippen molar-refractivity contribution in [2.45, 2.75) is 11.0 Å². The van der Waals surface area contributed by atoms with Gasteiger partial charge >= 0.3 is 50.9 Å². The zero-order valence-electron chi connectivity index (χ0n) is 4.32. The molecular weight excluding hydrogens is 205 g/mol. The quantitative estimate of drug-likeness (QED) is 0.395. The van der Waals surface area contributed by atoms with Gasteiger partial charge in [0.25, 0.3) is 0 Å². The second kappa shape index (κ2) is 2.28. The van der Waals surface area contributed by atoms with E-state index in [0.29, 0.717) is 4.05 Å². The molecule has 3 heteroatoms. The van der Waals surface area contributed by atoms with Crippen LogP contribution >= 0.6 is 20.2 Å². The molecule has 7 heavy (non-hydrogen) atoms. The molecule has 1 rings (SSSR count). The summed E-state index contributed by atoms with van der Waals surface area (Å²) in [5.74, 6) is 0. The van der Waals surface area contributed by atoms with E-state index in [0.717, 1.165) is 11.0 Å². The molecule has 2 N–H and O–H groups in total. The van der Waals surface area contributed by atoms with Crippen LogP contribution in [0.5, 0.6) is 0 Å². The molecule has 0 unspecified atom stereocenters. The molecule has 1 aliphatic rings. The minimum atomic E-state index is -1.27. The van der Waals surface area contributed by atoms with E-state index < -0.39 is 20.2 Å². The molecule has 1 saturated heterocycles. The van der Waals surface area contributed by atoms with Crippen molar-refractivity contribution in [3.8, 4) is 0 Å². The van der Waals surface area contributed by atoms with Crippen molar-refractivity contribution in [2.75, 3.05) is 11.0 Å². The van der Waals surface area contributed by atoms with Crippen molar-refractivity contribution in [1.82, 2.24) is 5.32 Å². The van der Waals surface area contributed by atoms with Crippen LogP contribution in [-0.2, 0) is 0 Å². The van der Waals surface area contributed by atoms with Crippen LogP contribution in [0.4, 0.5) is 0 Å². The molecule has 0 aromatic carbocycles. The summed E-state index contributed by atoms with van der Waals surface area (Å²) >= 11 is -1.27. The fourth-order valence-corrected chi connectivity index (χ4v) is 3.33. The topological polar surface area (TPSA) is 32.3 Å². The molecular formula is C4H10INO. The van der Waals surface area contributed by atoms with Gasteiger partial charge in [0.1, 0.15) is 0 Å². The molecule has 0 aromatic rings. The molecule has 44 valence electrons. The predicted molar refractivity (Wildman–Crippen MR) is 38.6 cm³/mol. The monoisotopic (exact) mass is 215 g/mol. The Labute approximate surface area is 51.2 Å². The summed E-state index contributed by atoms with van der Waals surface area (Å²) in [5, 5.41) is 3.19. The molecule has 0 aromatic heterocycles. The summed E-state index contributed by atoms with van der Waals surface area (Å²) in [4.78, 5) is 0. The van der Waals surface area contributed by atoms with Crippen molar-refractivity contribution < 1.29 is 3.44 Å². The molecule has 1 heterocycles. The summed E-state index contributed by atoms with van der Waals surface area (Å²) in [6, 6.07) is 0. The number of nitrogens with one attached hydrogen (secondary N) is 1. The van der Waals surface area contributed by atoms with Gasteiger partial charge in [-0.3, -0.25) is 0 Å². The molecule has 0 spiro atoms. The first-order chi connectivity index (χ1) is 3.34. The maximum atomic E-state index is 8.85. The van der Waals surface area contributed by atoms with Gasteiger partial charge in [0.15, 0.2) is 0 Å². The second-order valence-electron chi connectivity index (χ2n) is 1.55. The van der Waals surface area contributed by atoms with Gasteiger partial charge in [-0.25, -0.2) is 0 Å². The van der Waals surface area contributed by atoms with Crippen molar-refractivity contribution in [2.24, 2.45) is 0 Å². The zero-order chi connectivity index (χ0) is 5.28. The molecule has 1 atom stereocenters. The fraction of sp³-hybridized carbons (Fsp3) is 1.00. The molecule has 2 nitrogen and oxygen atoms in total. The van der Waals surface area contributed by atoms with Crippen LogP contribution in [0.3, 0.4) is 0 Å². The Hall–Kier alpha value is 0.650. The maximum absolute atomic E-state index is 8.85. The summed E-state index contributed by atoms with van der Waals surface area (Å²) in [6.07, 6.45) is 0. The van der Waals surface area contributed by atoms with E-state index in [9.17, 15) is 0 Å². The summed E-state index contributed by atoms with van der Waals surface area (Å²) < 4.78 is 10.5. The van der Waals surface area contributed by atoms with Crippen molar-refractivity contribution in [3.05, 3.63) is 0 Å². The molecule has 0 amide bonds. The molecule has 0 saturated carbocycles. The first-order valence-corrected chi connectivity index (χ1v) is 6.15. The number of hydrogen-bond acceptors (Lipinski definition) is 2. The molecule has 1 aliphatic heterocycles. The van der Waals surface area contributed by atoms with Crippen molar-refractivity contribution >= 4 is 20.2 Å². The Morgan fingerprint density at radius 2 is 2.57 bits per heavy atom. The molecule has 0 aliphatic carbocycles. The van der Waals surface area contributed by atoms with E-state index in [2.05, 4.69) is 12.2 Å². The standard InChI is InChI=1S/C4H10INO/c1-2-6-4-3-5(4)7/h4,6-7H,2-3H2,1H3/t4-/m1/s1. The van der Waals surface area contributed by atoms with Crippen LogP contribution in [0.25, 0.3) is 0 Å². The van der Waals surface area contributed by atoms with E-state index in [-0.39, 0.29) is 0 Å². The molecule has 0 radical (unpaired) electrons. The fourth-order valence-electron chi connectivity index (χ4n) is 0.470. The first-order valence-electron chi connectivity index (χ1n) is 2.41. The van der Waals surface area contributed by atoms with Gasteiger partial charge < -0.3 is 0 Å². The third-order valence-corrected chi connectivity index (χ3v) is 4.19. The van der Waals surface area contributed by atoms with Gasteiger partial charge in [0, 0.05) is 0 Å². The Balaban J connectivity index is 1.98. The zero-order valence-corrected chi connectivity index (χ0v) is 6.47. The van der Waals surface area contributed by atoms with Crippen LogP contribution in [0.15, 0.2) is 0 Å². The summed E-state index contributed by atoms with van der Waals surface area (Å²) in [5.41, 5.74) is 0. The Morgan fingerprint density at radius 1 is 2.00 bits per heavy atom. The van der Waals surface area contributed by atoms with Gasteiger partial charge in [-0.15, -0.1) is 0 Å². The third-order valence-electron chi connectivity index (χ3n) is 0.921. The van der Waals surface area contributed by atoms with E-state index >= 15 is 0 Å². The van der Waals surface area contributed by atoms with Crippen LogP contribution in [-0.4, -0.2) is 18.5 Å². The SMILES string of the molecule is CCN[C@@H]1CI1O. The average Bonchev–Trinajstić information content (AvgIpc) is 2.22. The van der Waals surface area contributed by atoms with Crippen LogP contribution < -0.4 is 5.32 Å². The Kier molecular flexibility index (Phi) is 1.88. The number of hydrogen-bond donors (Lipinski definition) is 2. The molecule has 0 bridgehead atoms. The van der Waals surface area contributed by atoms with E-state index in [1.165, 1.54) is 0 Å². The second-order valence-corrected chi connectivity index (χ2v) is 6.06. The molecule has 1 fully saturated rings. The van der Waals surface area contributed by atoms with Gasteiger partial charge in [0.05, 0.1) is 0 Å². The van der Waals surface area contributed by atoms with E-state index in [1.54, 1.807) is 0 Å².